The van der Waals surface area contributed by atoms with Crippen molar-refractivity contribution in [2.45, 2.75) is 19.4 Å². The molecule has 0 saturated carbocycles. The fourth-order valence-electron chi connectivity index (χ4n) is 2.70. The van der Waals surface area contributed by atoms with Gasteiger partial charge in [0, 0.05) is 49.7 Å². The molecular weight excluding hydrogens is 300 g/mol. The van der Waals surface area contributed by atoms with Crippen molar-refractivity contribution in [1.29, 1.82) is 0 Å². The monoisotopic (exact) mass is 322 g/mol. The number of aromatic nitrogens is 2. The van der Waals surface area contributed by atoms with Crippen molar-refractivity contribution in [3.8, 4) is 0 Å². The summed E-state index contributed by atoms with van der Waals surface area (Å²) in [7, 11) is 0. The lowest BCUT2D eigenvalue weighted by atomic mass is 10.2. The molecule has 0 saturated heterocycles. The van der Waals surface area contributed by atoms with E-state index in [1.807, 2.05) is 30.3 Å². The number of para-hydroxylation sites is 1. The molecule has 0 spiro atoms. The van der Waals surface area contributed by atoms with Crippen LogP contribution in [0, 0.1) is 0 Å². The average molecular weight is 322 g/mol. The SMILES string of the molecule is O=C(NCCCn1ccc2ccccc21)NCCc1ccccn1. The Labute approximate surface area is 141 Å². The van der Waals surface area contributed by atoms with Crippen LogP contribution in [0.25, 0.3) is 10.9 Å². The first-order valence-electron chi connectivity index (χ1n) is 8.28. The van der Waals surface area contributed by atoms with Gasteiger partial charge in [-0.1, -0.05) is 24.3 Å². The highest BCUT2D eigenvalue weighted by Crippen LogP contribution is 2.15. The maximum absolute atomic E-state index is 11.8. The molecule has 0 radical (unpaired) electrons. The predicted octanol–water partition coefficient (Wildman–Crippen LogP) is 2.97. The minimum atomic E-state index is -0.122. The fraction of sp³-hybridized carbons (Fsp3) is 0.263. The number of carbonyl (C=O) groups excluding carboxylic acids is 1. The molecule has 2 N–H and O–H groups in total. The number of amides is 2. The van der Waals surface area contributed by atoms with Crippen molar-refractivity contribution in [2.24, 2.45) is 0 Å². The third kappa shape index (κ3) is 4.35. The van der Waals surface area contributed by atoms with Crippen molar-refractivity contribution in [3.63, 3.8) is 0 Å². The second-order valence-electron chi connectivity index (χ2n) is 5.68. The standard InChI is InChI=1S/C19H22N4O/c24-19(22-13-9-17-7-3-4-11-20-17)21-12-5-14-23-15-10-16-6-1-2-8-18(16)23/h1-4,6-8,10-11,15H,5,9,12-14H2,(H2,21,22,24). The number of carbonyl (C=O) groups is 1. The van der Waals surface area contributed by atoms with E-state index in [1.54, 1.807) is 6.20 Å². The molecule has 0 atom stereocenters. The van der Waals surface area contributed by atoms with E-state index in [-0.39, 0.29) is 6.03 Å². The van der Waals surface area contributed by atoms with Gasteiger partial charge in [0.15, 0.2) is 0 Å². The molecule has 5 nitrogen and oxygen atoms in total. The van der Waals surface area contributed by atoms with Gasteiger partial charge in [-0.3, -0.25) is 4.98 Å². The van der Waals surface area contributed by atoms with Gasteiger partial charge in [-0.25, -0.2) is 4.79 Å². The van der Waals surface area contributed by atoms with Crippen LogP contribution >= 0.6 is 0 Å². The van der Waals surface area contributed by atoms with Gasteiger partial charge in [0.05, 0.1) is 0 Å². The average Bonchev–Trinajstić information content (AvgIpc) is 3.03. The summed E-state index contributed by atoms with van der Waals surface area (Å²) in [6.07, 6.45) is 5.49. The largest absolute Gasteiger partial charge is 0.347 e. The van der Waals surface area contributed by atoms with Gasteiger partial charge in [0.25, 0.3) is 0 Å². The Morgan fingerprint density at radius 3 is 2.71 bits per heavy atom. The first kappa shape index (κ1) is 16.1. The Bertz CT molecular complexity index is 782. The van der Waals surface area contributed by atoms with E-state index in [0.29, 0.717) is 13.1 Å². The maximum Gasteiger partial charge on any atom is 0.314 e. The zero-order chi connectivity index (χ0) is 16.6. The van der Waals surface area contributed by atoms with Gasteiger partial charge in [-0.05, 0) is 36.1 Å². The molecule has 2 heterocycles. The number of fused-ring (bicyclic) bond motifs is 1. The van der Waals surface area contributed by atoms with Crippen molar-refractivity contribution >= 4 is 16.9 Å². The third-order valence-electron chi connectivity index (χ3n) is 3.93. The van der Waals surface area contributed by atoms with Gasteiger partial charge < -0.3 is 15.2 Å². The molecule has 1 aromatic carbocycles. The molecule has 5 heteroatoms. The molecule has 124 valence electrons. The Morgan fingerprint density at radius 2 is 1.83 bits per heavy atom. The molecule has 2 aromatic heterocycles. The number of aryl methyl sites for hydroxylation is 1. The molecule has 0 aliphatic rings. The molecule has 0 unspecified atom stereocenters. The zero-order valence-electron chi connectivity index (χ0n) is 13.6. The first-order chi connectivity index (χ1) is 11.8. The summed E-state index contributed by atoms with van der Waals surface area (Å²) >= 11 is 0. The summed E-state index contributed by atoms with van der Waals surface area (Å²) in [6.45, 7) is 2.13. The van der Waals surface area contributed by atoms with Crippen molar-refractivity contribution in [1.82, 2.24) is 20.2 Å². The molecule has 0 bridgehead atoms. The number of urea groups is 1. The van der Waals surface area contributed by atoms with Crippen LogP contribution in [0.15, 0.2) is 60.9 Å². The third-order valence-corrected chi connectivity index (χ3v) is 3.93. The minimum Gasteiger partial charge on any atom is -0.347 e. The van der Waals surface area contributed by atoms with Crippen molar-refractivity contribution < 1.29 is 4.79 Å². The molecule has 0 fully saturated rings. The number of nitrogens with one attached hydrogen (secondary N) is 2. The van der Waals surface area contributed by atoms with E-state index in [2.05, 4.69) is 44.6 Å². The van der Waals surface area contributed by atoms with Crippen LogP contribution in [0.1, 0.15) is 12.1 Å². The van der Waals surface area contributed by atoms with E-state index < -0.39 is 0 Å². The summed E-state index contributed by atoms with van der Waals surface area (Å²) < 4.78 is 2.22. The normalized spacial score (nSPS) is 10.7. The zero-order valence-corrected chi connectivity index (χ0v) is 13.6. The molecule has 24 heavy (non-hydrogen) atoms. The second-order valence-corrected chi connectivity index (χ2v) is 5.68. The maximum atomic E-state index is 11.8. The highest BCUT2D eigenvalue weighted by molar-refractivity contribution is 5.79. The minimum absolute atomic E-state index is 0.122. The lowest BCUT2D eigenvalue weighted by molar-refractivity contribution is 0.240. The summed E-state index contributed by atoms with van der Waals surface area (Å²) in [5, 5.41) is 7.00. The summed E-state index contributed by atoms with van der Waals surface area (Å²) in [6, 6.07) is 16.1. The Kier molecular flexibility index (Phi) is 5.45. The van der Waals surface area contributed by atoms with Gasteiger partial charge in [-0.2, -0.15) is 0 Å². The van der Waals surface area contributed by atoms with Crippen LogP contribution in [0.2, 0.25) is 0 Å². The quantitative estimate of drug-likeness (QED) is 0.657. The first-order valence-corrected chi connectivity index (χ1v) is 8.28. The molecule has 0 aliphatic heterocycles. The summed E-state index contributed by atoms with van der Waals surface area (Å²) in [5.41, 5.74) is 2.22. The lowest BCUT2D eigenvalue weighted by Crippen LogP contribution is -2.37. The van der Waals surface area contributed by atoms with E-state index in [0.717, 1.165) is 25.1 Å². The smallest absolute Gasteiger partial charge is 0.314 e. The summed E-state index contributed by atoms with van der Waals surface area (Å²) in [5.74, 6) is 0. The highest BCUT2D eigenvalue weighted by Gasteiger charge is 2.02. The van der Waals surface area contributed by atoms with E-state index in [9.17, 15) is 4.79 Å². The number of benzene rings is 1. The van der Waals surface area contributed by atoms with Gasteiger partial charge in [0.2, 0.25) is 0 Å². The van der Waals surface area contributed by atoms with Crippen LogP contribution < -0.4 is 10.6 Å². The fourth-order valence-corrected chi connectivity index (χ4v) is 2.70. The van der Waals surface area contributed by atoms with E-state index in [4.69, 9.17) is 0 Å². The van der Waals surface area contributed by atoms with Crippen molar-refractivity contribution in [2.75, 3.05) is 13.1 Å². The predicted molar refractivity (Wildman–Crippen MR) is 95.9 cm³/mol. The Morgan fingerprint density at radius 1 is 1.00 bits per heavy atom. The van der Waals surface area contributed by atoms with Crippen LogP contribution in [-0.4, -0.2) is 28.7 Å². The number of hydrogen-bond donors (Lipinski definition) is 2. The second kappa shape index (κ2) is 8.15. The molecule has 0 aliphatic carbocycles. The van der Waals surface area contributed by atoms with Crippen LogP contribution in [0.3, 0.4) is 0 Å². The van der Waals surface area contributed by atoms with E-state index >= 15 is 0 Å². The number of nitrogens with zero attached hydrogens (tertiary/aromatic N) is 2. The topological polar surface area (TPSA) is 59.0 Å². The number of rotatable bonds is 7. The summed E-state index contributed by atoms with van der Waals surface area (Å²) in [4.78, 5) is 16.0. The van der Waals surface area contributed by atoms with Crippen LogP contribution in [0.4, 0.5) is 4.79 Å². The van der Waals surface area contributed by atoms with Gasteiger partial charge in [0.1, 0.15) is 0 Å². The number of hydrogen-bond acceptors (Lipinski definition) is 2. The molecule has 3 rings (SSSR count). The lowest BCUT2D eigenvalue weighted by Gasteiger charge is -2.08. The number of pyridine rings is 1. The van der Waals surface area contributed by atoms with Crippen molar-refractivity contribution in [3.05, 3.63) is 66.6 Å². The van der Waals surface area contributed by atoms with Crippen LogP contribution in [-0.2, 0) is 13.0 Å². The molecular formula is C19H22N4O. The van der Waals surface area contributed by atoms with Gasteiger partial charge in [-0.15, -0.1) is 0 Å². The van der Waals surface area contributed by atoms with Crippen LogP contribution in [0.5, 0.6) is 0 Å². The molecule has 2 amide bonds. The molecule has 3 aromatic rings. The Balaban J connectivity index is 1.33. The Hall–Kier alpha value is -2.82. The highest BCUT2D eigenvalue weighted by atomic mass is 16.2. The van der Waals surface area contributed by atoms with Gasteiger partial charge >= 0.3 is 6.03 Å². The van der Waals surface area contributed by atoms with E-state index in [1.165, 1.54) is 10.9 Å².